The van der Waals surface area contributed by atoms with Crippen molar-refractivity contribution in [2.45, 2.75) is 61.9 Å². The molecule has 1 saturated heterocycles. The molecule has 1 aliphatic heterocycles. The molecule has 0 aromatic heterocycles. The van der Waals surface area contributed by atoms with Crippen LogP contribution in [0.2, 0.25) is 0 Å². The largest absolute Gasteiger partial charge is 0.340 e. The first kappa shape index (κ1) is 21.3. The molecule has 0 radical (unpaired) electrons. The zero-order valence-electron chi connectivity index (χ0n) is 17.3. The minimum absolute atomic E-state index is 0.0101. The summed E-state index contributed by atoms with van der Waals surface area (Å²) in [6.07, 6.45) is 6.74. The van der Waals surface area contributed by atoms with Crippen LogP contribution in [-0.2, 0) is 14.8 Å². The number of benzene rings is 1. The molecule has 2 aliphatic carbocycles. The number of rotatable bonds is 5. The summed E-state index contributed by atoms with van der Waals surface area (Å²) in [4.78, 5) is 17.6. The lowest BCUT2D eigenvalue weighted by Crippen LogP contribution is -2.54. The van der Waals surface area contributed by atoms with Crippen LogP contribution in [0.25, 0.3) is 0 Å². The fourth-order valence-electron chi connectivity index (χ4n) is 4.77. The Bertz CT molecular complexity index is 889. The lowest BCUT2D eigenvalue weighted by atomic mass is 9.85. The summed E-state index contributed by atoms with van der Waals surface area (Å²) in [7, 11) is -3.61. The third-order valence-corrected chi connectivity index (χ3v) is 8.45. The standard InChI is InChI=1S/C22H30N4O3S/c23-16-17-4-10-21(11-5-17)30(28,29)24-19-8-6-18(7-9-19)22(27)26-14-12-25(13-15-26)20-2-1-3-20/h4-5,10-11,18-20,24H,1-3,6-9,12-15H2. The maximum absolute atomic E-state index is 12.9. The molecule has 30 heavy (non-hydrogen) atoms. The summed E-state index contributed by atoms with van der Waals surface area (Å²) in [6, 6.07) is 8.51. The van der Waals surface area contributed by atoms with Crippen molar-refractivity contribution in [3.8, 4) is 6.07 Å². The number of carbonyl (C=O) groups is 1. The summed E-state index contributed by atoms with van der Waals surface area (Å²) < 4.78 is 28.0. The Balaban J connectivity index is 1.25. The number of piperazine rings is 1. The fraction of sp³-hybridized carbons (Fsp3) is 0.636. The summed E-state index contributed by atoms with van der Waals surface area (Å²) in [5.74, 6) is 0.257. The van der Waals surface area contributed by atoms with E-state index in [1.54, 1.807) is 0 Å². The van der Waals surface area contributed by atoms with Gasteiger partial charge in [-0.3, -0.25) is 9.69 Å². The number of nitrogens with one attached hydrogen (secondary N) is 1. The number of hydrogen-bond acceptors (Lipinski definition) is 5. The molecule has 1 N–H and O–H groups in total. The van der Waals surface area contributed by atoms with E-state index in [1.165, 1.54) is 43.5 Å². The van der Waals surface area contributed by atoms with Crippen molar-refractivity contribution >= 4 is 15.9 Å². The lowest BCUT2D eigenvalue weighted by molar-refractivity contribution is -0.139. The Morgan fingerprint density at radius 2 is 1.60 bits per heavy atom. The van der Waals surface area contributed by atoms with Gasteiger partial charge in [-0.2, -0.15) is 5.26 Å². The van der Waals surface area contributed by atoms with Crippen molar-refractivity contribution < 1.29 is 13.2 Å². The molecular weight excluding hydrogens is 400 g/mol. The first-order valence-corrected chi connectivity index (χ1v) is 12.5. The predicted octanol–water partition coefficient (Wildman–Crippen LogP) is 2.09. The molecule has 8 heteroatoms. The second kappa shape index (κ2) is 9.04. The minimum atomic E-state index is -3.61. The Morgan fingerprint density at radius 1 is 0.967 bits per heavy atom. The van der Waals surface area contributed by atoms with Crippen LogP contribution >= 0.6 is 0 Å². The minimum Gasteiger partial charge on any atom is -0.340 e. The molecule has 2 saturated carbocycles. The maximum atomic E-state index is 12.9. The highest BCUT2D eigenvalue weighted by atomic mass is 32.2. The smallest absolute Gasteiger partial charge is 0.240 e. The van der Waals surface area contributed by atoms with E-state index in [0.717, 1.165) is 45.1 Å². The number of amides is 1. The van der Waals surface area contributed by atoms with Gasteiger partial charge >= 0.3 is 0 Å². The van der Waals surface area contributed by atoms with Crippen LogP contribution in [0.3, 0.4) is 0 Å². The Hall–Kier alpha value is -1.95. The van der Waals surface area contributed by atoms with Gasteiger partial charge in [0.15, 0.2) is 0 Å². The molecule has 3 fully saturated rings. The second-order valence-corrected chi connectivity index (χ2v) is 10.5. The third-order valence-electron chi connectivity index (χ3n) is 6.91. The number of nitrogens with zero attached hydrogens (tertiary/aromatic N) is 3. The topological polar surface area (TPSA) is 93.5 Å². The van der Waals surface area contributed by atoms with E-state index in [2.05, 4.69) is 9.62 Å². The molecule has 7 nitrogen and oxygen atoms in total. The molecule has 0 atom stereocenters. The highest BCUT2D eigenvalue weighted by Gasteiger charge is 2.34. The van der Waals surface area contributed by atoms with Crippen LogP contribution in [0.4, 0.5) is 0 Å². The third kappa shape index (κ3) is 4.69. The van der Waals surface area contributed by atoms with Gasteiger partial charge in [-0.25, -0.2) is 13.1 Å². The number of nitriles is 1. The SMILES string of the molecule is N#Cc1ccc(S(=O)(=O)NC2CCC(C(=O)N3CCN(C4CCC4)CC3)CC2)cc1. The average Bonchev–Trinajstić information content (AvgIpc) is 2.73. The zero-order chi connectivity index (χ0) is 21.1. The number of carbonyl (C=O) groups excluding carboxylic acids is 1. The highest BCUT2D eigenvalue weighted by molar-refractivity contribution is 7.89. The molecule has 1 aromatic carbocycles. The van der Waals surface area contributed by atoms with E-state index in [4.69, 9.17) is 5.26 Å². The van der Waals surface area contributed by atoms with Crippen molar-refractivity contribution in [1.82, 2.24) is 14.5 Å². The predicted molar refractivity (Wildman–Crippen MR) is 113 cm³/mol. The van der Waals surface area contributed by atoms with Crippen LogP contribution in [0.15, 0.2) is 29.2 Å². The summed E-state index contributed by atoms with van der Waals surface area (Å²) in [6.45, 7) is 3.60. The van der Waals surface area contributed by atoms with Gasteiger partial charge in [0.05, 0.1) is 16.5 Å². The van der Waals surface area contributed by atoms with E-state index < -0.39 is 10.0 Å². The molecule has 0 spiro atoms. The first-order valence-electron chi connectivity index (χ1n) is 11.0. The van der Waals surface area contributed by atoms with E-state index >= 15 is 0 Å². The normalized spacial score (nSPS) is 26.0. The molecule has 0 unspecified atom stereocenters. The van der Waals surface area contributed by atoms with E-state index in [9.17, 15) is 13.2 Å². The quantitative estimate of drug-likeness (QED) is 0.772. The van der Waals surface area contributed by atoms with E-state index in [0.29, 0.717) is 18.4 Å². The van der Waals surface area contributed by atoms with Gasteiger partial charge in [-0.15, -0.1) is 0 Å². The highest BCUT2D eigenvalue weighted by Crippen LogP contribution is 2.29. The maximum Gasteiger partial charge on any atom is 0.240 e. The molecule has 1 heterocycles. The molecule has 1 aromatic rings. The lowest BCUT2D eigenvalue weighted by Gasteiger charge is -2.44. The van der Waals surface area contributed by atoms with Gasteiger partial charge in [-0.05, 0) is 62.8 Å². The molecule has 0 bridgehead atoms. The molecule has 3 aliphatic rings. The Morgan fingerprint density at radius 3 is 2.13 bits per heavy atom. The molecule has 1 amide bonds. The second-order valence-electron chi connectivity index (χ2n) is 8.75. The summed E-state index contributed by atoms with van der Waals surface area (Å²) >= 11 is 0. The summed E-state index contributed by atoms with van der Waals surface area (Å²) in [5, 5.41) is 8.86. The van der Waals surface area contributed by atoms with Crippen molar-refractivity contribution in [2.75, 3.05) is 26.2 Å². The van der Waals surface area contributed by atoms with Crippen LogP contribution in [0.1, 0.15) is 50.5 Å². The van der Waals surface area contributed by atoms with Crippen molar-refractivity contribution in [3.63, 3.8) is 0 Å². The Labute approximate surface area is 179 Å². The Kier molecular flexibility index (Phi) is 6.42. The van der Waals surface area contributed by atoms with Gasteiger partial charge < -0.3 is 4.90 Å². The zero-order valence-corrected chi connectivity index (χ0v) is 18.1. The average molecular weight is 431 g/mol. The fourth-order valence-corrected chi connectivity index (χ4v) is 6.08. The van der Waals surface area contributed by atoms with Gasteiger partial charge in [0.1, 0.15) is 0 Å². The van der Waals surface area contributed by atoms with Crippen molar-refractivity contribution in [2.24, 2.45) is 5.92 Å². The number of hydrogen-bond donors (Lipinski definition) is 1. The van der Waals surface area contributed by atoms with E-state index in [1.807, 2.05) is 11.0 Å². The van der Waals surface area contributed by atoms with Gasteiger partial charge in [0.2, 0.25) is 15.9 Å². The summed E-state index contributed by atoms with van der Waals surface area (Å²) in [5.41, 5.74) is 0.432. The number of sulfonamides is 1. The molecular formula is C22H30N4O3S. The van der Waals surface area contributed by atoms with Crippen molar-refractivity contribution in [3.05, 3.63) is 29.8 Å². The van der Waals surface area contributed by atoms with Crippen LogP contribution in [-0.4, -0.2) is 62.4 Å². The van der Waals surface area contributed by atoms with Crippen molar-refractivity contribution in [1.29, 1.82) is 5.26 Å². The monoisotopic (exact) mass is 430 g/mol. The molecule has 162 valence electrons. The van der Waals surface area contributed by atoms with Crippen LogP contribution in [0.5, 0.6) is 0 Å². The molecule has 4 rings (SSSR count). The van der Waals surface area contributed by atoms with Crippen LogP contribution in [0, 0.1) is 17.2 Å². The first-order chi connectivity index (χ1) is 14.5. The van der Waals surface area contributed by atoms with Gasteiger partial charge in [0, 0.05) is 44.2 Å². The van der Waals surface area contributed by atoms with Gasteiger partial charge in [0.25, 0.3) is 0 Å². The van der Waals surface area contributed by atoms with Crippen LogP contribution < -0.4 is 4.72 Å². The van der Waals surface area contributed by atoms with E-state index in [-0.39, 0.29) is 22.8 Å². The van der Waals surface area contributed by atoms with Gasteiger partial charge in [-0.1, -0.05) is 6.42 Å².